The zero-order chi connectivity index (χ0) is 25.1. The molecule has 3 amide bonds. The van der Waals surface area contributed by atoms with E-state index in [0.717, 1.165) is 19.3 Å². The van der Waals surface area contributed by atoms with Crippen LogP contribution in [0, 0.1) is 5.92 Å². The third-order valence-corrected chi connectivity index (χ3v) is 5.79. The van der Waals surface area contributed by atoms with Crippen molar-refractivity contribution in [3.63, 3.8) is 0 Å². The first kappa shape index (κ1) is 30.9. The summed E-state index contributed by atoms with van der Waals surface area (Å²) in [6, 6.07) is -2.27. The minimum atomic E-state index is -1.41. The number of amides is 3. The predicted octanol–water partition coefficient (Wildman–Crippen LogP) is 4.05. The van der Waals surface area contributed by atoms with E-state index >= 15 is 0 Å². The van der Waals surface area contributed by atoms with Crippen molar-refractivity contribution in [1.29, 1.82) is 0 Å². The van der Waals surface area contributed by atoms with Gasteiger partial charge in [0.1, 0.15) is 12.1 Å². The lowest BCUT2D eigenvalue weighted by Gasteiger charge is -2.23. The SMILES string of the molecule is CCCCCCCCCCCCCCCC(=O)N[C@H](C(=O)N[C@@H](CC(N)=O)C(=O)O)C(C)C. The van der Waals surface area contributed by atoms with Crippen LogP contribution >= 0.6 is 0 Å². The van der Waals surface area contributed by atoms with Crippen LogP contribution in [0.1, 0.15) is 117 Å². The zero-order valence-corrected chi connectivity index (χ0v) is 21.0. The molecule has 0 heterocycles. The number of primary amides is 1. The van der Waals surface area contributed by atoms with Gasteiger partial charge in [-0.2, -0.15) is 0 Å². The summed E-state index contributed by atoms with van der Waals surface area (Å²) in [5.41, 5.74) is 5.04. The average molecular weight is 470 g/mol. The lowest BCUT2D eigenvalue weighted by molar-refractivity contribution is -0.144. The molecular formula is C25H47N3O5. The molecule has 0 saturated carbocycles. The normalized spacial score (nSPS) is 12.8. The molecule has 5 N–H and O–H groups in total. The van der Waals surface area contributed by atoms with Crippen LogP contribution < -0.4 is 16.4 Å². The maximum absolute atomic E-state index is 12.5. The molecule has 33 heavy (non-hydrogen) atoms. The van der Waals surface area contributed by atoms with E-state index in [-0.39, 0.29) is 11.8 Å². The first-order chi connectivity index (χ1) is 15.7. The molecule has 8 heteroatoms. The summed E-state index contributed by atoms with van der Waals surface area (Å²) < 4.78 is 0. The van der Waals surface area contributed by atoms with Crippen LogP contribution in [-0.4, -0.2) is 40.9 Å². The summed E-state index contributed by atoms with van der Waals surface area (Å²) >= 11 is 0. The molecule has 0 spiro atoms. The monoisotopic (exact) mass is 469 g/mol. The van der Waals surface area contributed by atoms with E-state index in [9.17, 15) is 19.2 Å². The molecule has 0 aliphatic rings. The molecule has 192 valence electrons. The van der Waals surface area contributed by atoms with Gasteiger partial charge >= 0.3 is 5.97 Å². The van der Waals surface area contributed by atoms with E-state index in [0.29, 0.717) is 6.42 Å². The maximum atomic E-state index is 12.5. The fraction of sp³-hybridized carbons (Fsp3) is 0.840. The summed E-state index contributed by atoms with van der Waals surface area (Å²) in [5, 5.41) is 14.1. The van der Waals surface area contributed by atoms with Crippen molar-refractivity contribution in [3.8, 4) is 0 Å². The molecule has 0 bridgehead atoms. The fourth-order valence-corrected chi connectivity index (χ4v) is 3.75. The van der Waals surface area contributed by atoms with Crippen LogP contribution in [-0.2, 0) is 19.2 Å². The highest BCUT2D eigenvalue weighted by atomic mass is 16.4. The number of hydrogen-bond acceptors (Lipinski definition) is 4. The Labute approximate surface area is 199 Å². The molecule has 0 aromatic carbocycles. The van der Waals surface area contributed by atoms with Crippen molar-refractivity contribution in [3.05, 3.63) is 0 Å². The molecule has 0 fully saturated rings. The van der Waals surface area contributed by atoms with Gasteiger partial charge in [-0.1, -0.05) is 97.8 Å². The van der Waals surface area contributed by atoms with Crippen molar-refractivity contribution in [1.82, 2.24) is 10.6 Å². The molecular weight excluding hydrogens is 422 g/mol. The van der Waals surface area contributed by atoms with Crippen molar-refractivity contribution < 1.29 is 24.3 Å². The molecule has 0 rings (SSSR count). The summed E-state index contributed by atoms with van der Waals surface area (Å²) in [4.78, 5) is 47.0. The van der Waals surface area contributed by atoms with Crippen molar-refractivity contribution in [2.24, 2.45) is 11.7 Å². The van der Waals surface area contributed by atoms with Crippen LogP contribution in [0.2, 0.25) is 0 Å². The molecule has 0 aliphatic carbocycles. The Hall–Kier alpha value is -2.12. The van der Waals surface area contributed by atoms with Gasteiger partial charge in [-0.25, -0.2) is 4.79 Å². The number of rotatable bonds is 21. The summed E-state index contributed by atoms with van der Waals surface area (Å²) in [7, 11) is 0. The smallest absolute Gasteiger partial charge is 0.326 e. The topological polar surface area (TPSA) is 139 Å². The molecule has 0 saturated heterocycles. The molecule has 0 aromatic rings. The molecule has 0 unspecified atom stereocenters. The Morgan fingerprint density at radius 1 is 0.758 bits per heavy atom. The summed E-state index contributed by atoms with van der Waals surface area (Å²) in [5.74, 6) is -3.26. The Morgan fingerprint density at radius 2 is 1.21 bits per heavy atom. The van der Waals surface area contributed by atoms with E-state index in [1.54, 1.807) is 13.8 Å². The predicted molar refractivity (Wildman–Crippen MR) is 130 cm³/mol. The second-order valence-corrected chi connectivity index (χ2v) is 9.35. The second kappa shape index (κ2) is 19.4. The Bertz CT molecular complexity index is 580. The first-order valence-corrected chi connectivity index (χ1v) is 12.8. The number of nitrogens with two attached hydrogens (primary N) is 1. The van der Waals surface area contributed by atoms with Gasteiger partial charge in [0.25, 0.3) is 0 Å². The number of carboxylic acid groups (broad SMARTS) is 1. The maximum Gasteiger partial charge on any atom is 0.326 e. The van der Waals surface area contributed by atoms with Crippen LogP contribution in [0.15, 0.2) is 0 Å². The molecule has 2 atom stereocenters. The Balaban J connectivity index is 4.04. The fourth-order valence-electron chi connectivity index (χ4n) is 3.75. The van der Waals surface area contributed by atoms with Crippen LogP contribution in [0.25, 0.3) is 0 Å². The van der Waals surface area contributed by atoms with E-state index < -0.39 is 36.3 Å². The summed E-state index contributed by atoms with van der Waals surface area (Å²) in [6.45, 7) is 5.77. The molecule has 0 aromatic heterocycles. The van der Waals surface area contributed by atoms with E-state index in [2.05, 4.69) is 17.6 Å². The van der Waals surface area contributed by atoms with Gasteiger partial charge in [-0.05, 0) is 12.3 Å². The Morgan fingerprint density at radius 3 is 1.61 bits per heavy atom. The van der Waals surface area contributed by atoms with Gasteiger partial charge in [0.2, 0.25) is 17.7 Å². The van der Waals surface area contributed by atoms with Crippen molar-refractivity contribution >= 4 is 23.7 Å². The quantitative estimate of drug-likeness (QED) is 0.188. The van der Waals surface area contributed by atoms with Crippen LogP contribution in [0.4, 0.5) is 0 Å². The van der Waals surface area contributed by atoms with E-state index in [1.165, 1.54) is 64.2 Å². The standard InChI is InChI=1S/C25H47N3O5/c1-4-5-6-7-8-9-10-11-12-13-14-15-16-17-22(30)28-23(19(2)3)24(31)27-20(25(32)33)18-21(26)29/h19-20,23H,4-18H2,1-3H3,(H2,26,29)(H,27,31)(H,28,30)(H,32,33)/t20-,23-/m0/s1. The van der Waals surface area contributed by atoms with Gasteiger partial charge in [0, 0.05) is 6.42 Å². The van der Waals surface area contributed by atoms with E-state index in [4.69, 9.17) is 10.8 Å². The average Bonchev–Trinajstić information content (AvgIpc) is 2.74. The largest absolute Gasteiger partial charge is 0.480 e. The number of nitrogens with one attached hydrogen (secondary N) is 2. The number of carbonyl (C=O) groups is 4. The van der Waals surface area contributed by atoms with Gasteiger partial charge in [0.05, 0.1) is 6.42 Å². The van der Waals surface area contributed by atoms with Gasteiger partial charge in [-0.3, -0.25) is 14.4 Å². The van der Waals surface area contributed by atoms with Crippen molar-refractivity contribution in [2.75, 3.05) is 0 Å². The van der Waals surface area contributed by atoms with Gasteiger partial charge in [-0.15, -0.1) is 0 Å². The number of carbonyl (C=O) groups excluding carboxylic acids is 3. The Kier molecular flexibility index (Phi) is 18.1. The third kappa shape index (κ3) is 17.1. The minimum absolute atomic E-state index is 0.228. The van der Waals surface area contributed by atoms with Crippen LogP contribution in [0.5, 0.6) is 0 Å². The number of aliphatic carboxylic acids is 1. The molecule has 0 aliphatic heterocycles. The lowest BCUT2D eigenvalue weighted by atomic mass is 10.0. The number of unbranched alkanes of at least 4 members (excludes halogenated alkanes) is 12. The highest BCUT2D eigenvalue weighted by molar-refractivity contribution is 5.92. The number of carboxylic acids is 1. The first-order valence-electron chi connectivity index (χ1n) is 12.8. The molecule has 0 radical (unpaired) electrons. The second-order valence-electron chi connectivity index (χ2n) is 9.35. The lowest BCUT2D eigenvalue weighted by Crippen LogP contribution is -2.54. The van der Waals surface area contributed by atoms with Crippen LogP contribution in [0.3, 0.4) is 0 Å². The van der Waals surface area contributed by atoms with Gasteiger partial charge in [0.15, 0.2) is 0 Å². The highest BCUT2D eigenvalue weighted by Crippen LogP contribution is 2.13. The van der Waals surface area contributed by atoms with E-state index in [1.807, 2.05) is 0 Å². The number of hydrogen-bond donors (Lipinski definition) is 4. The van der Waals surface area contributed by atoms with Crippen molar-refractivity contribution in [2.45, 2.75) is 129 Å². The third-order valence-electron chi connectivity index (χ3n) is 5.79. The molecule has 8 nitrogen and oxygen atoms in total. The van der Waals surface area contributed by atoms with Gasteiger partial charge < -0.3 is 21.5 Å². The minimum Gasteiger partial charge on any atom is -0.480 e. The summed E-state index contributed by atoms with van der Waals surface area (Å²) in [6.07, 6.45) is 15.8. The zero-order valence-electron chi connectivity index (χ0n) is 21.0. The highest BCUT2D eigenvalue weighted by Gasteiger charge is 2.29.